The van der Waals surface area contributed by atoms with Gasteiger partial charge in [0.1, 0.15) is 11.9 Å². The van der Waals surface area contributed by atoms with Crippen molar-refractivity contribution < 1.29 is 19.4 Å². The van der Waals surface area contributed by atoms with Crippen LogP contribution in [0.15, 0.2) is 49.1 Å². The Morgan fingerprint density at radius 1 is 1.11 bits per heavy atom. The van der Waals surface area contributed by atoms with E-state index in [1.807, 2.05) is 6.08 Å². The Hall–Kier alpha value is -2.99. The van der Waals surface area contributed by atoms with E-state index in [-0.39, 0.29) is 23.5 Å². The number of hydrogen-bond acceptors (Lipinski definition) is 5. The van der Waals surface area contributed by atoms with Crippen molar-refractivity contribution in [3.63, 3.8) is 0 Å². The number of unbranched alkanes of at least 4 members (excludes halogenated alkanes) is 7. The molecule has 6 nitrogen and oxygen atoms in total. The van der Waals surface area contributed by atoms with E-state index in [1.54, 1.807) is 13.2 Å². The van der Waals surface area contributed by atoms with E-state index < -0.39 is 0 Å². The van der Waals surface area contributed by atoms with Gasteiger partial charge < -0.3 is 19.5 Å². The molecule has 6 heteroatoms. The predicted molar refractivity (Wildman–Crippen MR) is 189 cm³/mol. The van der Waals surface area contributed by atoms with Gasteiger partial charge in [-0.15, -0.1) is 6.58 Å². The molecule has 1 N–H and O–H groups in total. The Balaban J connectivity index is 1.09. The molecule has 1 saturated heterocycles. The van der Waals surface area contributed by atoms with Gasteiger partial charge in [0.25, 0.3) is 0 Å². The molecule has 0 radical (unpaired) electrons. The quantitative estimate of drug-likeness (QED) is 0.139. The van der Waals surface area contributed by atoms with Crippen LogP contribution >= 0.6 is 0 Å². The van der Waals surface area contributed by atoms with Gasteiger partial charge in [0.15, 0.2) is 11.5 Å². The third kappa shape index (κ3) is 6.69. The first kappa shape index (κ1) is 33.9. The largest absolute Gasteiger partial charge is 0.508 e. The van der Waals surface area contributed by atoms with Crippen LogP contribution in [0, 0.1) is 11.8 Å². The molecule has 2 bridgehead atoms. The van der Waals surface area contributed by atoms with E-state index in [4.69, 9.17) is 9.47 Å². The first-order chi connectivity index (χ1) is 22.9. The van der Waals surface area contributed by atoms with Gasteiger partial charge in [-0.2, -0.15) is 0 Å². The number of hydrogen-bond donors (Lipinski definition) is 1. The molecule has 2 fully saturated rings. The predicted octanol–water partition coefficient (Wildman–Crippen LogP) is 8.23. The van der Waals surface area contributed by atoms with Gasteiger partial charge in [0.05, 0.1) is 13.2 Å². The molecule has 2 aliphatic heterocycles. The Labute approximate surface area is 283 Å². The fourth-order valence-electron chi connectivity index (χ4n) is 9.78. The maximum absolute atomic E-state index is 14.1. The van der Waals surface area contributed by atoms with Crippen molar-refractivity contribution in [2.24, 2.45) is 11.8 Å². The van der Waals surface area contributed by atoms with Gasteiger partial charge in [0.2, 0.25) is 5.91 Å². The third-order valence-corrected chi connectivity index (χ3v) is 11.8. The van der Waals surface area contributed by atoms with Crippen LogP contribution in [0.1, 0.15) is 108 Å². The van der Waals surface area contributed by atoms with Crippen LogP contribution in [0.5, 0.6) is 17.2 Å². The number of ether oxygens (including phenoxy) is 2. The standard InChI is InChI=1S/C41H58N2O4/c1-5-24-42-25-23-41-32-21-22-33(40(41)47-39-36(46-4)27-35(44)31(38(39)41)26-34(32)42)43(28-29(2)3)37(45)20-16-11-9-7-6-8-10-13-17-30-18-14-12-15-19-30/h5,12,14-15,18-19,27,29,32-34,40,44H,1,6-11,13,16-17,20-26,28H2,2-4H3/t32-,33+,34+,40-,41-/m0/s1. The fraction of sp³-hybridized carbons (Fsp3) is 0.634. The summed E-state index contributed by atoms with van der Waals surface area (Å²) in [5.41, 5.74) is 3.44. The van der Waals surface area contributed by atoms with Crippen molar-refractivity contribution in [1.82, 2.24) is 9.80 Å². The zero-order valence-corrected chi connectivity index (χ0v) is 29.2. The Bertz CT molecular complexity index is 1380. The number of piperidine rings is 1. The second-order valence-electron chi connectivity index (χ2n) is 15.2. The zero-order chi connectivity index (χ0) is 33.0. The summed E-state index contributed by atoms with van der Waals surface area (Å²) in [6.07, 6.45) is 17.2. The SMILES string of the molecule is C=CCN1CC[C@]23c4c5c(O)cc(OC)c4O[C@H]2[C@H](N(CC(C)C)C(=O)CCCCCCCCCCc2ccccc2)CC[C@H]3[C@H]1C5. The highest BCUT2D eigenvalue weighted by atomic mass is 16.5. The highest BCUT2D eigenvalue weighted by molar-refractivity contribution is 5.77. The Morgan fingerprint density at radius 3 is 2.53 bits per heavy atom. The van der Waals surface area contributed by atoms with E-state index in [1.165, 1.54) is 56.1 Å². The minimum atomic E-state index is -0.212. The lowest BCUT2D eigenvalue weighted by Gasteiger charge is -2.60. The summed E-state index contributed by atoms with van der Waals surface area (Å²) in [5, 5.41) is 11.3. The summed E-state index contributed by atoms with van der Waals surface area (Å²) in [4.78, 5) is 18.9. The van der Waals surface area contributed by atoms with Crippen molar-refractivity contribution in [2.75, 3.05) is 26.7 Å². The first-order valence-corrected chi connectivity index (χ1v) is 18.7. The van der Waals surface area contributed by atoms with Crippen LogP contribution < -0.4 is 9.47 Å². The van der Waals surface area contributed by atoms with Crippen LogP contribution in [0.3, 0.4) is 0 Å². The second kappa shape index (κ2) is 15.1. The Morgan fingerprint density at radius 2 is 1.83 bits per heavy atom. The average Bonchev–Trinajstić information content (AvgIpc) is 3.41. The zero-order valence-electron chi connectivity index (χ0n) is 29.2. The van der Waals surface area contributed by atoms with Crippen LogP contribution in [0.25, 0.3) is 0 Å². The van der Waals surface area contributed by atoms with E-state index in [0.717, 1.165) is 69.5 Å². The second-order valence-corrected chi connectivity index (χ2v) is 15.2. The number of phenols is 1. The average molecular weight is 643 g/mol. The third-order valence-electron chi connectivity index (χ3n) is 11.8. The topological polar surface area (TPSA) is 62.2 Å². The molecular formula is C41H58N2O4. The molecule has 2 aliphatic carbocycles. The van der Waals surface area contributed by atoms with Crippen LogP contribution in [-0.2, 0) is 23.1 Å². The lowest BCUT2D eigenvalue weighted by Crippen LogP contribution is -2.69. The molecule has 1 saturated carbocycles. The van der Waals surface area contributed by atoms with E-state index in [9.17, 15) is 9.90 Å². The number of likely N-dealkylation sites (tertiary alicyclic amines) is 1. The summed E-state index contributed by atoms with van der Waals surface area (Å²) < 4.78 is 12.8. The summed E-state index contributed by atoms with van der Waals surface area (Å²) in [6.45, 7) is 11.1. The van der Waals surface area contributed by atoms with Crippen molar-refractivity contribution in [2.45, 2.75) is 127 Å². The van der Waals surface area contributed by atoms with Crippen LogP contribution in [0.4, 0.5) is 0 Å². The van der Waals surface area contributed by atoms with E-state index >= 15 is 0 Å². The van der Waals surface area contributed by atoms with E-state index in [0.29, 0.717) is 35.8 Å². The number of aromatic hydroxyl groups is 1. The summed E-state index contributed by atoms with van der Waals surface area (Å²) >= 11 is 0. The normalized spacial score (nSPS) is 25.7. The van der Waals surface area contributed by atoms with Crippen molar-refractivity contribution in [3.8, 4) is 17.2 Å². The number of nitrogens with zero attached hydrogens (tertiary/aromatic N) is 2. The van der Waals surface area contributed by atoms with Gasteiger partial charge in [-0.1, -0.05) is 88.8 Å². The monoisotopic (exact) mass is 642 g/mol. The molecule has 47 heavy (non-hydrogen) atoms. The summed E-state index contributed by atoms with van der Waals surface area (Å²) in [6, 6.07) is 12.9. The number of aryl methyl sites for hydroxylation is 1. The van der Waals surface area contributed by atoms with Gasteiger partial charge in [-0.25, -0.2) is 0 Å². The molecular weight excluding hydrogens is 584 g/mol. The van der Waals surface area contributed by atoms with E-state index in [2.05, 4.69) is 60.6 Å². The fourth-order valence-corrected chi connectivity index (χ4v) is 9.78. The molecule has 2 heterocycles. The van der Waals surface area contributed by atoms with Crippen molar-refractivity contribution in [1.29, 1.82) is 0 Å². The van der Waals surface area contributed by atoms with Crippen molar-refractivity contribution >= 4 is 5.91 Å². The number of phenolic OH excluding ortho intramolecular Hbond substituents is 1. The van der Waals surface area contributed by atoms with Gasteiger partial charge >= 0.3 is 0 Å². The smallest absolute Gasteiger partial charge is 0.222 e. The minimum absolute atomic E-state index is 0.0221. The summed E-state index contributed by atoms with van der Waals surface area (Å²) in [5.74, 6) is 2.83. The lowest BCUT2D eigenvalue weighted by atomic mass is 9.50. The van der Waals surface area contributed by atoms with Gasteiger partial charge in [0, 0.05) is 48.2 Å². The molecule has 6 rings (SSSR count). The maximum Gasteiger partial charge on any atom is 0.222 e. The highest BCUT2D eigenvalue weighted by Gasteiger charge is 2.67. The number of benzene rings is 2. The molecule has 5 atom stereocenters. The number of amides is 1. The highest BCUT2D eigenvalue weighted by Crippen LogP contribution is 2.65. The number of carbonyl (C=O) groups excluding carboxylic acids is 1. The Kier molecular flexibility index (Phi) is 10.9. The van der Waals surface area contributed by atoms with Crippen molar-refractivity contribution in [3.05, 3.63) is 65.7 Å². The molecule has 0 aromatic heterocycles. The van der Waals surface area contributed by atoms with Gasteiger partial charge in [-0.3, -0.25) is 9.69 Å². The molecule has 2 aromatic rings. The molecule has 0 unspecified atom stereocenters. The number of methoxy groups -OCH3 is 1. The lowest BCUT2D eigenvalue weighted by molar-refractivity contribution is -0.143. The number of rotatable bonds is 17. The van der Waals surface area contributed by atoms with Gasteiger partial charge in [-0.05, 0) is 68.9 Å². The summed E-state index contributed by atoms with van der Waals surface area (Å²) in [7, 11) is 1.66. The molecule has 4 aliphatic rings. The molecule has 2 aromatic carbocycles. The number of carbonyl (C=O) groups is 1. The minimum Gasteiger partial charge on any atom is -0.508 e. The first-order valence-electron chi connectivity index (χ1n) is 18.7. The van der Waals surface area contributed by atoms with Crippen LogP contribution in [-0.4, -0.2) is 65.7 Å². The van der Waals surface area contributed by atoms with Crippen LogP contribution in [0.2, 0.25) is 0 Å². The molecule has 256 valence electrons. The maximum atomic E-state index is 14.1. The molecule has 1 amide bonds. The molecule has 1 spiro atoms.